The number of hydrogen-bond acceptors (Lipinski definition) is 3. The molecule has 0 saturated heterocycles. The Hall–Kier alpha value is -1.64. The summed E-state index contributed by atoms with van der Waals surface area (Å²) >= 11 is 0. The predicted molar refractivity (Wildman–Crippen MR) is 67.5 cm³/mol. The first-order valence-corrected chi connectivity index (χ1v) is 5.83. The number of rotatable bonds is 6. The fraction of sp³-hybridized carbons (Fsp3) is 0.429. The molecule has 0 aliphatic heterocycles. The van der Waals surface area contributed by atoms with Gasteiger partial charge in [0, 0.05) is 11.9 Å². The number of carbonyl (C=O) groups is 1. The molecule has 1 unspecified atom stereocenters. The quantitative estimate of drug-likeness (QED) is 0.560. The van der Waals surface area contributed by atoms with Gasteiger partial charge in [-0.15, -0.1) is 6.58 Å². The van der Waals surface area contributed by atoms with E-state index < -0.39 is 5.41 Å². The van der Waals surface area contributed by atoms with Crippen LogP contribution < -0.4 is 0 Å². The normalized spacial score (nSPS) is 13.8. The van der Waals surface area contributed by atoms with E-state index in [1.807, 2.05) is 25.1 Å². The molecule has 0 aliphatic carbocycles. The van der Waals surface area contributed by atoms with Crippen molar-refractivity contribution in [1.82, 2.24) is 4.98 Å². The molecule has 0 bridgehead atoms. The lowest BCUT2D eigenvalue weighted by molar-refractivity contribution is -0.151. The molecule has 0 aromatic carbocycles. The maximum absolute atomic E-state index is 11.8. The van der Waals surface area contributed by atoms with E-state index in [4.69, 9.17) is 4.74 Å². The third kappa shape index (κ3) is 3.70. The van der Waals surface area contributed by atoms with Crippen LogP contribution in [0.25, 0.3) is 0 Å². The second-order valence-corrected chi connectivity index (χ2v) is 4.16. The van der Waals surface area contributed by atoms with Gasteiger partial charge in [0.25, 0.3) is 0 Å². The van der Waals surface area contributed by atoms with E-state index in [1.165, 1.54) is 0 Å². The van der Waals surface area contributed by atoms with E-state index in [9.17, 15) is 4.79 Å². The molecule has 0 amide bonds. The van der Waals surface area contributed by atoms with Crippen molar-refractivity contribution in [2.75, 3.05) is 6.61 Å². The van der Waals surface area contributed by atoms with Crippen LogP contribution >= 0.6 is 0 Å². The summed E-state index contributed by atoms with van der Waals surface area (Å²) in [4.78, 5) is 16.0. The Morgan fingerprint density at radius 2 is 2.35 bits per heavy atom. The summed E-state index contributed by atoms with van der Waals surface area (Å²) in [5, 5.41) is 0. The smallest absolute Gasteiger partial charge is 0.315 e. The van der Waals surface area contributed by atoms with Gasteiger partial charge in [-0.1, -0.05) is 12.1 Å². The molecule has 1 aromatic rings. The third-order valence-electron chi connectivity index (χ3n) is 2.82. The molecule has 92 valence electrons. The molecule has 0 spiro atoms. The second-order valence-electron chi connectivity index (χ2n) is 4.16. The van der Waals surface area contributed by atoms with Crippen molar-refractivity contribution >= 4 is 5.97 Å². The zero-order valence-corrected chi connectivity index (χ0v) is 10.5. The fourth-order valence-electron chi connectivity index (χ4n) is 1.52. The minimum Gasteiger partial charge on any atom is -0.465 e. The molecule has 0 aliphatic rings. The van der Waals surface area contributed by atoms with Crippen molar-refractivity contribution in [3.05, 3.63) is 42.7 Å². The van der Waals surface area contributed by atoms with Crippen LogP contribution in [-0.2, 0) is 16.0 Å². The van der Waals surface area contributed by atoms with Gasteiger partial charge >= 0.3 is 5.97 Å². The van der Waals surface area contributed by atoms with Crippen LogP contribution in [0.15, 0.2) is 37.1 Å². The molecule has 0 N–H and O–H groups in total. The predicted octanol–water partition coefficient (Wildman–Crippen LogP) is 2.77. The second kappa shape index (κ2) is 6.18. The molecule has 3 heteroatoms. The summed E-state index contributed by atoms with van der Waals surface area (Å²) in [6.07, 6.45) is 4.81. The van der Waals surface area contributed by atoms with Gasteiger partial charge in [0.05, 0.1) is 12.0 Å². The maximum atomic E-state index is 11.8. The van der Waals surface area contributed by atoms with Crippen molar-refractivity contribution in [3.63, 3.8) is 0 Å². The zero-order valence-electron chi connectivity index (χ0n) is 10.5. The SMILES string of the molecule is C=CC(C)(CCc1ccccn1)C(=O)OCC. The molecule has 0 fully saturated rings. The summed E-state index contributed by atoms with van der Waals surface area (Å²) < 4.78 is 5.06. The number of nitrogens with zero attached hydrogens (tertiary/aromatic N) is 1. The Balaban J connectivity index is 2.63. The summed E-state index contributed by atoms with van der Waals surface area (Å²) in [5.41, 5.74) is 0.345. The highest BCUT2D eigenvalue weighted by Crippen LogP contribution is 2.26. The minimum absolute atomic E-state index is 0.217. The number of ether oxygens (including phenoxy) is 1. The van der Waals surface area contributed by atoms with Gasteiger partial charge in [0.1, 0.15) is 0 Å². The first-order valence-electron chi connectivity index (χ1n) is 5.83. The van der Waals surface area contributed by atoms with Gasteiger partial charge in [-0.25, -0.2) is 0 Å². The topological polar surface area (TPSA) is 39.2 Å². The summed E-state index contributed by atoms with van der Waals surface area (Å²) in [6, 6.07) is 5.77. The number of esters is 1. The highest BCUT2D eigenvalue weighted by Gasteiger charge is 2.30. The first-order chi connectivity index (χ1) is 8.12. The minimum atomic E-state index is -0.631. The van der Waals surface area contributed by atoms with Crippen molar-refractivity contribution in [2.24, 2.45) is 5.41 Å². The molecule has 1 heterocycles. The molecule has 0 radical (unpaired) electrons. The Kier molecular flexibility index (Phi) is 4.88. The first kappa shape index (κ1) is 13.4. The van der Waals surface area contributed by atoms with Gasteiger partial charge in [-0.2, -0.15) is 0 Å². The van der Waals surface area contributed by atoms with Crippen LogP contribution in [0.1, 0.15) is 26.0 Å². The lowest BCUT2D eigenvalue weighted by Crippen LogP contribution is -2.28. The van der Waals surface area contributed by atoms with E-state index in [0.717, 1.165) is 12.1 Å². The summed E-state index contributed by atoms with van der Waals surface area (Å²) in [7, 11) is 0. The number of aryl methyl sites for hydroxylation is 1. The zero-order chi connectivity index (χ0) is 12.7. The lowest BCUT2D eigenvalue weighted by atomic mass is 9.85. The van der Waals surface area contributed by atoms with Gasteiger partial charge < -0.3 is 4.74 Å². The number of aromatic nitrogens is 1. The Bertz CT molecular complexity index is 375. The summed E-state index contributed by atoms with van der Waals surface area (Å²) in [5.74, 6) is -0.217. The average Bonchev–Trinajstić information content (AvgIpc) is 2.37. The monoisotopic (exact) mass is 233 g/mol. The van der Waals surface area contributed by atoms with E-state index in [1.54, 1.807) is 19.2 Å². The van der Waals surface area contributed by atoms with Crippen molar-refractivity contribution in [1.29, 1.82) is 0 Å². The lowest BCUT2D eigenvalue weighted by Gasteiger charge is -2.22. The number of carbonyl (C=O) groups excluding carboxylic acids is 1. The van der Waals surface area contributed by atoms with Crippen LogP contribution in [0, 0.1) is 5.41 Å². The molecular formula is C14H19NO2. The van der Waals surface area contributed by atoms with Gasteiger partial charge in [-0.05, 0) is 38.8 Å². The van der Waals surface area contributed by atoms with Crippen LogP contribution in [0.4, 0.5) is 0 Å². The third-order valence-corrected chi connectivity index (χ3v) is 2.82. The maximum Gasteiger partial charge on any atom is 0.315 e. The average molecular weight is 233 g/mol. The highest BCUT2D eigenvalue weighted by atomic mass is 16.5. The van der Waals surface area contributed by atoms with Crippen LogP contribution in [0.2, 0.25) is 0 Å². The molecule has 1 rings (SSSR count). The molecule has 17 heavy (non-hydrogen) atoms. The van der Waals surface area contributed by atoms with Crippen molar-refractivity contribution in [3.8, 4) is 0 Å². The Morgan fingerprint density at radius 3 is 2.88 bits per heavy atom. The number of pyridine rings is 1. The van der Waals surface area contributed by atoms with Crippen LogP contribution in [0.3, 0.4) is 0 Å². The molecule has 3 nitrogen and oxygen atoms in total. The van der Waals surface area contributed by atoms with Gasteiger partial charge in [0.15, 0.2) is 0 Å². The van der Waals surface area contributed by atoms with E-state index in [0.29, 0.717) is 13.0 Å². The van der Waals surface area contributed by atoms with Crippen molar-refractivity contribution < 1.29 is 9.53 Å². The largest absolute Gasteiger partial charge is 0.465 e. The molecule has 0 saturated carbocycles. The molecule has 1 aromatic heterocycles. The van der Waals surface area contributed by atoms with Crippen LogP contribution in [-0.4, -0.2) is 17.6 Å². The van der Waals surface area contributed by atoms with E-state index in [2.05, 4.69) is 11.6 Å². The fourth-order valence-corrected chi connectivity index (χ4v) is 1.52. The number of hydrogen-bond donors (Lipinski definition) is 0. The molecular weight excluding hydrogens is 214 g/mol. The Labute approximate surface area is 103 Å². The van der Waals surface area contributed by atoms with Gasteiger partial charge in [0.2, 0.25) is 0 Å². The highest BCUT2D eigenvalue weighted by molar-refractivity contribution is 5.78. The van der Waals surface area contributed by atoms with Crippen LogP contribution in [0.5, 0.6) is 0 Å². The van der Waals surface area contributed by atoms with E-state index in [-0.39, 0.29) is 5.97 Å². The standard InChI is InChI=1S/C14H19NO2/c1-4-14(3,13(16)17-5-2)10-9-12-8-6-7-11-15-12/h4,6-8,11H,1,5,9-10H2,2-3H3. The Morgan fingerprint density at radius 1 is 1.59 bits per heavy atom. The van der Waals surface area contributed by atoms with Crippen molar-refractivity contribution in [2.45, 2.75) is 26.7 Å². The van der Waals surface area contributed by atoms with E-state index >= 15 is 0 Å². The van der Waals surface area contributed by atoms with Gasteiger partial charge in [-0.3, -0.25) is 9.78 Å². The molecule has 1 atom stereocenters. The summed E-state index contributed by atoms with van der Waals surface area (Å²) in [6.45, 7) is 7.78.